The summed E-state index contributed by atoms with van der Waals surface area (Å²) in [7, 11) is -3.82. The van der Waals surface area contributed by atoms with E-state index in [2.05, 4.69) is 10.0 Å². The zero-order valence-corrected chi connectivity index (χ0v) is 17.0. The number of carbonyl (C=O) groups is 1. The molecule has 0 aliphatic heterocycles. The van der Waals surface area contributed by atoms with Crippen LogP contribution in [0.5, 0.6) is 5.75 Å². The number of halogens is 2. The van der Waals surface area contributed by atoms with Gasteiger partial charge < -0.3 is 10.1 Å². The lowest BCUT2D eigenvalue weighted by atomic mass is 10.3. The number of unbranched alkanes of at least 4 members (excludes halogenated alkanes) is 1. The summed E-state index contributed by atoms with van der Waals surface area (Å²) in [4.78, 5) is 11.6. The minimum Gasteiger partial charge on any atom is -0.482 e. The van der Waals surface area contributed by atoms with Crippen LogP contribution in [0, 0.1) is 0 Å². The van der Waals surface area contributed by atoms with E-state index in [0.717, 1.165) is 12.8 Å². The number of rotatable bonds is 9. The van der Waals surface area contributed by atoms with E-state index in [-0.39, 0.29) is 28.2 Å². The first-order valence-electron chi connectivity index (χ1n) is 8.29. The van der Waals surface area contributed by atoms with Crippen molar-refractivity contribution in [1.82, 2.24) is 5.32 Å². The molecule has 2 aromatic carbocycles. The summed E-state index contributed by atoms with van der Waals surface area (Å²) in [5, 5.41) is 3.31. The second kappa shape index (κ2) is 9.82. The number of anilines is 1. The molecule has 0 aromatic heterocycles. The summed E-state index contributed by atoms with van der Waals surface area (Å²) in [6.45, 7) is 2.42. The molecular weight excluding hydrogens is 411 g/mol. The molecule has 0 fully saturated rings. The van der Waals surface area contributed by atoms with Crippen LogP contribution >= 0.6 is 23.2 Å². The van der Waals surface area contributed by atoms with Crippen LogP contribution in [0.4, 0.5) is 5.69 Å². The molecular formula is C18H20Cl2N2O4S. The Kier molecular flexibility index (Phi) is 7.77. The summed E-state index contributed by atoms with van der Waals surface area (Å²) >= 11 is 11.9. The van der Waals surface area contributed by atoms with Crippen molar-refractivity contribution in [3.8, 4) is 5.75 Å². The van der Waals surface area contributed by atoms with Crippen LogP contribution < -0.4 is 14.8 Å². The Labute approximate surface area is 168 Å². The first-order valence-corrected chi connectivity index (χ1v) is 10.5. The van der Waals surface area contributed by atoms with Gasteiger partial charge in [0.15, 0.2) is 6.61 Å². The van der Waals surface area contributed by atoms with Crippen LogP contribution in [-0.2, 0) is 14.8 Å². The van der Waals surface area contributed by atoms with Gasteiger partial charge in [0.05, 0.1) is 9.92 Å². The van der Waals surface area contributed by atoms with E-state index in [1.54, 1.807) is 24.3 Å². The van der Waals surface area contributed by atoms with Gasteiger partial charge in [-0.25, -0.2) is 8.42 Å². The Bertz CT molecular complexity index is 887. The second-order valence-corrected chi connectivity index (χ2v) is 8.22. The number of hydrogen-bond donors (Lipinski definition) is 2. The molecule has 1 amide bonds. The van der Waals surface area contributed by atoms with Crippen molar-refractivity contribution < 1.29 is 17.9 Å². The van der Waals surface area contributed by atoms with Gasteiger partial charge in [0.1, 0.15) is 5.75 Å². The summed E-state index contributed by atoms with van der Waals surface area (Å²) in [5.41, 5.74) is 0.375. The first-order chi connectivity index (χ1) is 12.8. The molecule has 2 N–H and O–H groups in total. The van der Waals surface area contributed by atoms with Crippen LogP contribution in [0.1, 0.15) is 19.8 Å². The number of carbonyl (C=O) groups excluding carboxylic acids is 1. The summed E-state index contributed by atoms with van der Waals surface area (Å²) in [6.07, 6.45) is 1.87. The minimum absolute atomic E-state index is 0.0257. The third-order valence-electron chi connectivity index (χ3n) is 3.52. The average Bonchev–Trinajstić information content (AvgIpc) is 2.62. The second-order valence-electron chi connectivity index (χ2n) is 5.70. The molecule has 0 atom stereocenters. The number of amides is 1. The Morgan fingerprint density at radius 2 is 1.81 bits per heavy atom. The molecule has 0 heterocycles. The van der Waals surface area contributed by atoms with Crippen LogP contribution in [0.3, 0.4) is 0 Å². The van der Waals surface area contributed by atoms with Gasteiger partial charge in [-0.3, -0.25) is 9.52 Å². The summed E-state index contributed by atoms with van der Waals surface area (Å²) < 4.78 is 32.7. The fraction of sp³-hybridized carbons (Fsp3) is 0.278. The monoisotopic (exact) mass is 430 g/mol. The predicted octanol–water partition coefficient (Wildman–Crippen LogP) is 4.09. The Morgan fingerprint density at radius 1 is 1.11 bits per heavy atom. The zero-order chi connectivity index (χ0) is 19.9. The van der Waals surface area contributed by atoms with Gasteiger partial charge in [-0.2, -0.15) is 0 Å². The zero-order valence-electron chi connectivity index (χ0n) is 14.7. The molecule has 146 valence electrons. The molecule has 0 saturated carbocycles. The molecule has 2 rings (SSSR count). The van der Waals surface area contributed by atoms with Crippen molar-refractivity contribution in [1.29, 1.82) is 0 Å². The number of sulfonamides is 1. The Hall–Kier alpha value is -1.96. The van der Waals surface area contributed by atoms with Crippen LogP contribution in [0.15, 0.2) is 47.4 Å². The maximum atomic E-state index is 12.5. The summed E-state index contributed by atoms with van der Waals surface area (Å²) in [6, 6.07) is 10.3. The lowest BCUT2D eigenvalue weighted by Gasteiger charge is -2.11. The fourth-order valence-corrected chi connectivity index (χ4v) is 3.61. The Balaban J connectivity index is 2.02. The highest BCUT2D eigenvalue weighted by atomic mass is 35.5. The lowest BCUT2D eigenvalue weighted by Crippen LogP contribution is -2.29. The van der Waals surface area contributed by atoms with Gasteiger partial charge in [-0.1, -0.05) is 36.5 Å². The average molecular weight is 431 g/mol. The molecule has 0 unspecified atom stereocenters. The van der Waals surface area contributed by atoms with E-state index in [0.29, 0.717) is 17.3 Å². The van der Waals surface area contributed by atoms with Crippen LogP contribution in [-0.4, -0.2) is 27.5 Å². The van der Waals surface area contributed by atoms with Gasteiger partial charge in [-0.05, 0) is 48.9 Å². The highest BCUT2D eigenvalue weighted by Crippen LogP contribution is 2.28. The molecule has 0 radical (unpaired) electrons. The molecule has 0 bridgehead atoms. The molecule has 0 spiro atoms. The van der Waals surface area contributed by atoms with Crippen LogP contribution in [0.2, 0.25) is 10.0 Å². The van der Waals surface area contributed by atoms with Gasteiger partial charge in [0.2, 0.25) is 0 Å². The van der Waals surface area contributed by atoms with E-state index in [4.69, 9.17) is 27.9 Å². The lowest BCUT2D eigenvalue weighted by molar-refractivity contribution is -0.123. The molecule has 0 aliphatic rings. The number of ether oxygens (including phenoxy) is 1. The third-order valence-corrected chi connectivity index (χ3v) is 5.45. The standard InChI is InChI=1S/C18H20Cl2N2O4S/c1-2-3-10-21-18(23)12-26-17-9-8-15(11-16(17)20)27(24,25)22-14-6-4-13(19)5-7-14/h4-9,11,22H,2-3,10,12H2,1H3,(H,21,23). The number of benzene rings is 2. The quantitative estimate of drug-likeness (QED) is 0.586. The van der Waals surface area contributed by atoms with Gasteiger partial charge in [-0.15, -0.1) is 0 Å². The van der Waals surface area contributed by atoms with Gasteiger partial charge in [0.25, 0.3) is 15.9 Å². The van der Waals surface area contributed by atoms with E-state index in [1.807, 2.05) is 6.92 Å². The minimum atomic E-state index is -3.82. The van der Waals surface area contributed by atoms with Crippen molar-refractivity contribution in [2.24, 2.45) is 0 Å². The molecule has 27 heavy (non-hydrogen) atoms. The molecule has 0 saturated heterocycles. The topological polar surface area (TPSA) is 84.5 Å². The first kappa shape index (κ1) is 21.3. The van der Waals surface area contributed by atoms with Crippen molar-refractivity contribution in [3.05, 3.63) is 52.5 Å². The number of nitrogens with one attached hydrogen (secondary N) is 2. The van der Waals surface area contributed by atoms with Crippen molar-refractivity contribution in [3.63, 3.8) is 0 Å². The van der Waals surface area contributed by atoms with E-state index < -0.39 is 10.0 Å². The predicted molar refractivity (Wildman–Crippen MR) is 107 cm³/mol. The van der Waals surface area contributed by atoms with Crippen molar-refractivity contribution in [2.45, 2.75) is 24.7 Å². The SMILES string of the molecule is CCCCNC(=O)COc1ccc(S(=O)(=O)Nc2ccc(Cl)cc2)cc1Cl. The van der Waals surface area contributed by atoms with Gasteiger partial charge in [0, 0.05) is 17.3 Å². The smallest absolute Gasteiger partial charge is 0.261 e. The highest BCUT2D eigenvalue weighted by molar-refractivity contribution is 7.92. The highest BCUT2D eigenvalue weighted by Gasteiger charge is 2.17. The molecule has 6 nitrogen and oxygen atoms in total. The number of hydrogen-bond acceptors (Lipinski definition) is 4. The molecule has 9 heteroatoms. The molecule has 0 aliphatic carbocycles. The van der Waals surface area contributed by atoms with Gasteiger partial charge >= 0.3 is 0 Å². The third kappa shape index (κ3) is 6.61. The maximum Gasteiger partial charge on any atom is 0.261 e. The van der Waals surface area contributed by atoms with E-state index in [9.17, 15) is 13.2 Å². The van der Waals surface area contributed by atoms with E-state index >= 15 is 0 Å². The molecule has 2 aromatic rings. The van der Waals surface area contributed by atoms with Crippen LogP contribution in [0.25, 0.3) is 0 Å². The summed E-state index contributed by atoms with van der Waals surface area (Å²) in [5.74, 6) is -0.0339. The normalized spacial score (nSPS) is 11.1. The maximum absolute atomic E-state index is 12.5. The fourth-order valence-electron chi connectivity index (χ4n) is 2.10. The van der Waals surface area contributed by atoms with E-state index in [1.165, 1.54) is 18.2 Å². The Morgan fingerprint density at radius 3 is 2.44 bits per heavy atom. The van der Waals surface area contributed by atoms with Crippen molar-refractivity contribution >= 4 is 44.8 Å². The largest absolute Gasteiger partial charge is 0.482 e. The van der Waals surface area contributed by atoms with Crippen molar-refractivity contribution in [2.75, 3.05) is 17.9 Å².